The first kappa shape index (κ1) is 16.0. The fraction of sp³-hybridized carbons (Fsp3) is 0.688. The predicted molar refractivity (Wildman–Crippen MR) is 83.9 cm³/mol. The Balaban J connectivity index is 1.59. The van der Waals surface area contributed by atoms with Crippen molar-refractivity contribution in [3.8, 4) is 0 Å². The SMILES string of the molecule is CC(=O)N[C@H]1CCOC2(CCN(C(=O)c3cnn(C)c3)CC2)C1. The average molecular weight is 320 g/mol. The van der Waals surface area contributed by atoms with E-state index < -0.39 is 0 Å². The van der Waals surface area contributed by atoms with Gasteiger partial charge in [-0.25, -0.2) is 0 Å². The van der Waals surface area contributed by atoms with Crippen molar-refractivity contribution in [2.45, 2.75) is 44.2 Å². The van der Waals surface area contributed by atoms with Gasteiger partial charge in [0.15, 0.2) is 0 Å². The van der Waals surface area contributed by atoms with Crippen LogP contribution >= 0.6 is 0 Å². The van der Waals surface area contributed by atoms with Gasteiger partial charge in [0, 0.05) is 45.9 Å². The monoisotopic (exact) mass is 320 g/mol. The number of aromatic nitrogens is 2. The minimum absolute atomic E-state index is 0.0104. The second-order valence-corrected chi connectivity index (χ2v) is 6.62. The van der Waals surface area contributed by atoms with E-state index in [2.05, 4.69) is 10.4 Å². The molecular formula is C16H24N4O3. The van der Waals surface area contributed by atoms with E-state index in [4.69, 9.17) is 4.74 Å². The first-order valence-electron chi connectivity index (χ1n) is 8.16. The molecule has 0 radical (unpaired) electrons. The van der Waals surface area contributed by atoms with Crippen molar-refractivity contribution in [3.05, 3.63) is 18.0 Å². The number of ether oxygens (including phenoxy) is 1. The van der Waals surface area contributed by atoms with E-state index in [9.17, 15) is 9.59 Å². The van der Waals surface area contributed by atoms with E-state index in [0.29, 0.717) is 25.3 Å². The molecule has 0 saturated carbocycles. The zero-order chi connectivity index (χ0) is 16.4. The third-order valence-corrected chi connectivity index (χ3v) is 4.81. The fourth-order valence-corrected chi connectivity index (χ4v) is 3.62. The maximum atomic E-state index is 12.5. The van der Waals surface area contributed by atoms with Crippen molar-refractivity contribution >= 4 is 11.8 Å². The van der Waals surface area contributed by atoms with Gasteiger partial charge >= 0.3 is 0 Å². The minimum atomic E-state index is -0.197. The fourth-order valence-electron chi connectivity index (χ4n) is 3.62. The summed E-state index contributed by atoms with van der Waals surface area (Å²) < 4.78 is 7.69. The van der Waals surface area contributed by atoms with E-state index >= 15 is 0 Å². The zero-order valence-electron chi connectivity index (χ0n) is 13.7. The van der Waals surface area contributed by atoms with Crippen LogP contribution in [0.3, 0.4) is 0 Å². The molecule has 0 aliphatic carbocycles. The van der Waals surface area contributed by atoms with Gasteiger partial charge in [0.1, 0.15) is 0 Å². The Morgan fingerprint density at radius 3 is 2.74 bits per heavy atom. The molecule has 7 heteroatoms. The topological polar surface area (TPSA) is 76.5 Å². The van der Waals surface area contributed by atoms with Crippen molar-refractivity contribution in [2.24, 2.45) is 7.05 Å². The van der Waals surface area contributed by atoms with Crippen LogP contribution in [0, 0.1) is 0 Å². The van der Waals surface area contributed by atoms with Crippen molar-refractivity contribution in [1.29, 1.82) is 0 Å². The van der Waals surface area contributed by atoms with Crippen LogP contribution in [-0.2, 0) is 16.6 Å². The summed E-state index contributed by atoms with van der Waals surface area (Å²) in [6.07, 6.45) is 6.68. The maximum absolute atomic E-state index is 12.5. The summed E-state index contributed by atoms with van der Waals surface area (Å²) in [5, 5.41) is 7.06. The summed E-state index contributed by atoms with van der Waals surface area (Å²) in [4.78, 5) is 25.6. The number of carbonyl (C=O) groups excluding carboxylic acids is 2. The van der Waals surface area contributed by atoms with E-state index in [1.54, 1.807) is 31.0 Å². The van der Waals surface area contributed by atoms with Crippen LogP contribution in [0.2, 0.25) is 0 Å². The Labute approximate surface area is 136 Å². The summed E-state index contributed by atoms with van der Waals surface area (Å²) in [5.74, 6) is 0.0402. The first-order valence-corrected chi connectivity index (χ1v) is 8.16. The molecule has 1 spiro atoms. The number of hydrogen-bond acceptors (Lipinski definition) is 4. The summed E-state index contributed by atoms with van der Waals surface area (Å²) >= 11 is 0. The van der Waals surface area contributed by atoms with Crippen LogP contribution in [0.4, 0.5) is 0 Å². The highest BCUT2D eigenvalue weighted by Gasteiger charge is 2.41. The lowest BCUT2D eigenvalue weighted by atomic mass is 9.82. The molecule has 2 fully saturated rings. The molecule has 0 bridgehead atoms. The lowest BCUT2D eigenvalue weighted by Gasteiger charge is -2.46. The van der Waals surface area contributed by atoms with Gasteiger partial charge in [0.25, 0.3) is 5.91 Å². The molecule has 1 aromatic heterocycles. The van der Waals surface area contributed by atoms with Crippen molar-refractivity contribution < 1.29 is 14.3 Å². The highest BCUT2D eigenvalue weighted by Crippen LogP contribution is 2.35. The second-order valence-electron chi connectivity index (χ2n) is 6.62. The Hall–Kier alpha value is -1.89. The number of rotatable bonds is 2. The Kier molecular flexibility index (Phi) is 4.39. The molecule has 2 saturated heterocycles. The Bertz CT molecular complexity index is 590. The van der Waals surface area contributed by atoms with Gasteiger partial charge in [-0.1, -0.05) is 0 Å². The third-order valence-electron chi connectivity index (χ3n) is 4.81. The summed E-state index contributed by atoms with van der Waals surface area (Å²) in [5.41, 5.74) is 0.431. The van der Waals surface area contributed by atoms with E-state index in [1.165, 1.54) is 0 Å². The largest absolute Gasteiger partial charge is 0.375 e. The number of aryl methyl sites for hydroxylation is 1. The predicted octanol–water partition coefficient (Wildman–Crippen LogP) is 0.710. The Morgan fingerprint density at radius 2 is 2.13 bits per heavy atom. The normalized spacial score (nSPS) is 23.7. The van der Waals surface area contributed by atoms with Crippen LogP contribution in [-0.4, -0.2) is 57.8 Å². The molecule has 2 amide bonds. The maximum Gasteiger partial charge on any atom is 0.257 e. The quantitative estimate of drug-likeness (QED) is 0.871. The number of piperidine rings is 1. The van der Waals surface area contributed by atoms with Gasteiger partial charge < -0.3 is 15.0 Å². The summed E-state index contributed by atoms with van der Waals surface area (Å²) in [6.45, 7) is 3.58. The van der Waals surface area contributed by atoms with Crippen LogP contribution in [0.15, 0.2) is 12.4 Å². The highest BCUT2D eigenvalue weighted by atomic mass is 16.5. The molecule has 3 rings (SSSR count). The van der Waals surface area contributed by atoms with Crippen LogP contribution in [0.1, 0.15) is 43.0 Å². The molecule has 2 aliphatic heterocycles. The molecule has 23 heavy (non-hydrogen) atoms. The van der Waals surface area contributed by atoms with Crippen molar-refractivity contribution in [1.82, 2.24) is 20.0 Å². The second kappa shape index (κ2) is 6.31. The molecule has 1 aromatic rings. The van der Waals surface area contributed by atoms with E-state index in [0.717, 1.165) is 25.7 Å². The summed E-state index contributed by atoms with van der Waals surface area (Å²) in [7, 11) is 1.81. The zero-order valence-corrected chi connectivity index (χ0v) is 13.7. The van der Waals surface area contributed by atoms with Gasteiger partial charge in [-0.2, -0.15) is 5.10 Å². The molecule has 126 valence electrons. The number of likely N-dealkylation sites (tertiary alicyclic amines) is 1. The smallest absolute Gasteiger partial charge is 0.257 e. The Morgan fingerprint density at radius 1 is 1.39 bits per heavy atom. The highest BCUT2D eigenvalue weighted by molar-refractivity contribution is 5.93. The molecule has 1 atom stereocenters. The van der Waals surface area contributed by atoms with Gasteiger partial charge in [0.2, 0.25) is 5.91 Å². The molecular weight excluding hydrogens is 296 g/mol. The number of nitrogens with zero attached hydrogens (tertiary/aromatic N) is 3. The minimum Gasteiger partial charge on any atom is -0.375 e. The van der Waals surface area contributed by atoms with Crippen LogP contribution in [0.5, 0.6) is 0 Å². The van der Waals surface area contributed by atoms with Crippen LogP contribution < -0.4 is 5.32 Å². The van der Waals surface area contributed by atoms with Gasteiger partial charge in [-0.15, -0.1) is 0 Å². The molecule has 2 aliphatic rings. The molecule has 3 heterocycles. The van der Waals surface area contributed by atoms with E-state index in [1.807, 2.05) is 4.90 Å². The average Bonchev–Trinajstić information content (AvgIpc) is 2.93. The van der Waals surface area contributed by atoms with E-state index in [-0.39, 0.29) is 23.5 Å². The van der Waals surface area contributed by atoms with Gasteiger partial charge in [-0.05, 0) is 25.7 Å². The number of amides is 2. The van der Waals surface area contributed by atoms with Crippen molar-refractivity contribution in [3.63, 3.8) is 0 Å². The molecule has 7 nitrogen and oxygen atoms in total. The molecule has 0 aromatic carbocycles. The number of carbonyl (C=O) groups is 2. The lowest BCUT2D eigenvalue weighted by Crippen LogP contribution is -2.54. The first-order chi connectivity index (χ1) is 11.0. The van der Waals surface area contributed by atoms with Crippen LogP contribution in [0.25, 0.3) is 0 Å². The molecule has 0 unspecified atom stereocenters. The van der Waals surface area contributed by atoms with Gasteiger partial charge in [-0.3, -0.25) is 14.3 Å². The number of nitrogens with one attached hydrogen (secondary N) is 1. The van der Waals surface area contributed by atoms with Gasteiger partial charge in [0.05, 0.1) is 17.4 Å². The third kappa shape index (κ3) is 3.55. The summed E-state index contributed by atoms with van der Waals surface area (Å²) in [6, 6.07) is 0.182. The number of hydrogen-bond donors (Lipinski definition) is 1. The molecule has 1 N–H and O–H groups in total. The lowest BCUT2D eigenvalue weighted by molar-refractivity contribution is -0.128. The van der Waals surface area contributed by atoms with Crippen molar-refractivity contribution in [2.75, 3.05) is 19.7 Å². The standard InChI is InChI=1S/C16H24N4O3/c1-12(21)18-14-3-8-23-16(9-14)4-6-20(7-5-16)15(22)13-10-17-19(2)11-13/h10-11,14H,3-9H2,1-2H3,(H,18,21)/t14-/m0/s1.